The van der Waals surface area contributed by atoms with E-state index < -0.39 is 34.5 Å². The first kappa shape index (κ1) is 15.3. The van der Waals surface area contributed by atoms with Crippen LogP contribution in [0.25, 0.3) is 0 Å². The summed E-state index contributed by atoms with van der Waals surface area (Å²) in [7, 11) is 0. The molecule has 104 valence electrons. The van der Waals surface area contributed by atoms with E-state index in [1.807, 2.05) is 0 Å². The first-order chi connectivity index (χ1) is 9.31. The van der Waals surface area contributed by atoms with Crippen LogP contribution in [0.3, 0.4) is 0 Å². The van der Waals surface area contributed by atoms with E-state index in [4.69, 9.17) is 5.11 Å². The molecule has 0 atom stereocenters. The molecule has 1 aromatic heterocycles. The average Bonchev–Trinajstić information content (AvgIpc) is 2.71. The molecule has 0 radical (unpaired) electrons. The van der Waals surface area contributed by atoms with Crippen molar-refractivity contribution in [3.8, 4) is 0 Å². The number of carbonyl (C=O) groups is 2. The maximum atomic E-state index is 13.2. The summed E-state index contributed by atoms with van der Waals surface area (Å²) >= 11 is 7.45. The maximum absolute atomic E-state index is 13.2. The Morgan fingerprint density at radius 3 is 2.05 bits per heavy atom. The number of aromatic carboxylic acids is 1. The molecule has 0 aliphatic heterocycles. The number of halogens is 4. The topological polar surface area (TPSA) is 54.4 Å². The van der Waals surface area contributed by atoms with Crippen LogP contribution in [-0.2, 0) is 0 Å². The van der Waals surface area contributed by atoms with E-state index in [9.17, 15) is 18.4 Å². The van der Waals surface area contributed by atoms with Gasteiger partial charge in [-0.05, 0) is 50.1 Å². The number of hydrogen-bond donors (Lipinski definition) is 1. The molecule has 2 aromatic rings. The quantitative estimate of drug-likeness (QED) is 0.737. The van der Waals surface area contributed by atoms with Crippen LogP contribution < -0.4 is 0 Å². The Hall–Kier alpha value is -1.12. The number of thiophene rings is 1. The van der Waals surface area contributed by atoms with Gasteiger partial charge in [-0.3, -0.25) is 4.79 Å². The normalized spacial score (nSPS) is 10.6. The fraction of sp³-hybridized carbons (Fsp3) is 0. The third-order valence-corrected chi connectivity index (χ3v) is 5.66. The van der Waals surface area contributed by atoms with E-state index in [0.29, 0.717) is 20.4 Å². The van der Waals surface area contributed by atoms with Crippen LogP contribution in [0.4, 0.5) is 8.78 Å². The van der Waals surface area contributed by atoms with Crippen molar-refractivity contribution in [2.75, 3.05) is 0 Å². The molecule has 8 heteroatoms. The van der Waals surface area contributed by atoms with E-state index in [-0.39, 0.29) is 4.88 Å². The van der Waals surface area contributed by atoms with Gasteiger partial charge in [-0.2, -0.15) is 0 Å². The Kier molecular flexibility index (Phi) is 4.36. The molecule has 20 heavy (non-hydrogen) atoms. The lowest BCUT2D eigenvalue weighted by Crippen LogP contribution is -2.10. The summed E-state index contributed by atoms with van der Waals surface area (Å²) in [5.41, 5.74) is -0.966. The number of carbonyl (C=O) groups excluding carboxylic acids is 1. The van der Waals surface area contributed by atoms with E-state index in [1.165, 1.54) is 6.07 Å². The zero-order valence-electron chi connectivity index (χ0n) is 9.42. The van der Waals surface area contributed by atoms with Gasteiger partial charge in [0.25, 0.3) is 0 Å². The molecule has 0 bridgehead atoms. The molecule has 0 saturated carbocycles. The molecular weight excluding hydrogens is 422 g/mol. The van der Waals surface area contributed by atoms with E-state index >= 15 is 0 Å². The van der Waals surface area contributed by atoms with Crippen LogP contribution in [0.2, 0.25) is 0 Å². The highest BCUT2D eigenvalue weighted by Crippen LogP contribution is 2.34. The zero-order chi connectivity index (χ0) is 15.0. The van der Waals surface area contributed by atoms with Crippen molar-refractivity contribution >= 4 is 54.9 Å². The van der Waals surface area contributed by atoms with Crippen LogP contribution >= 0.6 is 43.2 Å². The first-order valence-corrected chi connectivity index (χ1v) is 7.43. The Morgan fingerprint density at radius 1 is 1.05 bits per heavy atom. The number of rotatable bonds is 3. The van der Waals surface area contributed by atoms with Crippen molar-refractivity contribution in [2.45, 2.75) is 0 Å². The summed E-state index contributed by atoms with van der Waals surface area (Å²) < 4.78 is 27.6. The molecule has 1 heterocycles. The van der Waals surface area contributed by atoms with Gasteiger partial charge in [0.2, 0.25) is 5.78 Å². The predicted molar refractivity (Wildman–Crippen MR) is 76.5 cm³/mol. The standard InChI is InChI=1S/C12H4Br2F2O3S/c13-6-3-9(20-11(6)14)10(17)4-1-7(15)8(16)2-5(4)12(18)19/h1-3H,(H,18,19). The summed E-state index contributed by atoms with van der Waals surface area (Å²) in [4.78, 5) is 23.5. The van der Waals surface area contributed by atoms with Gasteiger partial charge in [-0.15, -0.1) is 11.3 Å². The predicted octanol–water partition coefficient (Wildman–Crippen LogP) is 4.48. The molecule has 3 nitrogen and oxygen atoms in total. The van der Waals surface area contributed by atoms with Gasteiger partial charge in [0.15, 0.2) is 11.6 Å². The van der Waals surface area contributed by atoms with Crippen molar-refractivity contribution in [3.63, 3.8) is 0 Å². The molecule has 0 amide bonds. The second-order valence-electron chi connectivity index (χ2n) is 3.68. The lowest BCUT2D eigenvalue weighted by atomic mass is 10.0. The van der Waals surface area contributed by atoms with Gasteiger partial charge in [-0.1, -0.05) is 0 Å². The van der Waals surface area contributed by atoms with Crippen LogP contribution in [0.5, 0.6) is 0 Å². The summed E-state index contributed by atoms with van der Waals surface area (Å²) in [6, 6.07) is 2.58. The molecule has 1 aromatic carbocycles. The molecule has 0 fully saturated rings. The monoisotopic (exact) mass is 424 g/mol. The third kappa shape index (κ3) is 2.82. The Bertz CT molecular complexity index is 708. The van der Waals surface area contributed by atoms with E-state index in [0.717, 1.165) is 11.3 Å². The van der Waals surface area contributed by atoms with E-state index in [1.54, 1.807) is 0 Å². The maximum Gasteiger partial charge on any atom is 0.336 e. The Labute approximate surface area is 132 Å². The average molecular weight is 426 g/mol. The molecule has 0 aliphatic carbocycles. The van der Waals surface area contributed by atoms with Gasteiger partial charge in [0.1, 0.15) is 0 Å². The van der Waals surface area contributed by atoms with Gasteiger partial charge < -0.3 is 5.11 Å². The number of benzene rings is 1. The van der Waals surface area contributed by atoms with Gasteiger partial charge in [-0.25, -0.2) is 13.6 Å². The first-order valence-electron chi connectivity index (χ1n) is 5.03. The van der Waals surface area contributed by atoms with Crippen molar-refractivity contribution in [2.24, 2.45) is 0 Å². The number of hydrogen-bond acceptors (Lipinski definition) is 3. The summed E-state index contributed by atoms with van der Waals surface area (Å²) in [5, 5.41) is 8.98. The minimum atomic E-state index is -1.50. The second kappa shape index (κ2) is 5.71. The minimum Gasteiger partial charge on any atom is -0.478 e. The van der Waals surface area contributed by atoms with Crippen molar-refractivity contribution in [1.29, 1.82) is 0 Å². The second-order valence-corrected chi connectivity index (χ2v) is 6.90. The van der Waals surface area contributed by atoms with Crippen molar-refractivity contribution < 1.29 is 23.5 Å². The molecule has 0 spiro atoms. The Balaban J connectivity index is 2.59. The Morgan fingerprint density at radius 2 is 1.60 bits per heavy atom. The summed E-state index contributed by atoms with van der Waals surface area (Å²) in [6.45, 7) is 0. The molecule has 0 saturated heterocycles. The lowest BCUT2D eigenvalue weighted by Gasteiger charge is -2.05. The minimum absolute atomic E-state index is 0.206. The van der Waals surface area contributed by atoms with Crippen molar-refractivity contribution in [3.05, 3.63) is 54.1 Å². The number of carboxylic acids is 1. The fourth-order valence-corrected chi connectivity index (χ4v) is 3.49. The van der Waals surface area contributed by atoms with Gasteiger partial charge in [0, 0.05) is 10.0 Å². The SMILES string of the molecule is O=C(O)c1cc(F)c(F)cc1C(=O)c1cc(Br)c(Br)s1. The van der Waals surface area contributed by atoms with Crippen molar-refractivity contribution in [1.82, 2.24) is 0 Å². The highest BCUT2D eigenvalue weighted by Gasteiger charge is 2.23. The lowest BCUT2D eigenvalue weighted by molar-refractivity contribution is 0.0692. The molecule has 0 unspecified atom stereocenters. The fourth-order valence-electron chi connectivity index (χ4n) is 1.50. The number of ketones is 1. The van der Waals surface area contributed by atoms with Gasteiger partial charge >= 0.3 is 5.97 Å². The van der Waals surface area contributed by atoms with Crippen LogP contribution in [0.15, 0.2) is 26.5 Å². The highest BCUT2D eigenvalue weighted by molar-refractivity contribution is 9.13. The van der Waals surface area contributed by atoms with Crippen LogP contribution in [0, 0.1) is 11.6 Å². The highest BCUT2D eigenvalue weighted by atomic mass is 79.9. The molecule has 0 aliphatic rings. The largest absolute Gasteiger partial charge is 0.478 e. The third-order valence-electron chi connectivity index (χ3n) is 2.40. The zero-order valence-corrected chi connectivity index (χ0v) is 13.4. The molecule has 2 rings (SSSR count). The molecular formula is C12H4Br2F2O3S. The summed E-state index contributed by atoms with van der Waals surface area (Å²) in [5.74, 6) is -4.76. The molecule has 1 N–H and O–H groups in total. The van der Waals surface area contributed by atoms with Gasteiger partial charge in [0.05, 0.1) is 14.2 Å². The smallest absolute Gasteiger partial charge is 0.336 e. The van der Waals surface area contributed by atoms with Crippen LogP contribution in [0.1, 0.15) is 25.6 Å². The number of carboxylic acid groups (broad SMARTS) is 1. The van der Waals surface area contributed by atoms with E-state index in [2.05, 4.69) is 31.9 Å². The van der Waals surface area contributed by atoms with Crippen LogP contribution in [-0.4, -0.2) is 16.9 Å². The summed E-state index contributed by atoms with van der Waals surface area (Å²) in [6.07, 6.45) is 0.